The van der Waals surface area contributed by atoms with E-state index in [4.69, 9.17) is 4.52 Å². The summed E-state index contributed by atoms with van der Waals surface area (Å²) in [6.07, 6.45) is 0. The maximum atomic E-state index is 12.0. The van der Waals surface area contributed by atoms with Crippen LogP contribution in [0.2, 0.25) is 0 Å². The summed E-state index contributed by atoms with van der Waals surface area (Å²) in [5.41, 5.74) is 1.01. The van der Waals surface area contributed by atoms with Gasteiger partial charge in [-0.05, 0) is 17.5 Å². The minimum absolute atomic E-state index is 0.140. The molecule has 0 fully saturated rings. The predicted molar refractivity (Wildman–Crippen MR) is 71.9 cm³/mol. The van der Waals surface area contributed by atoms with E-state index in [9.17, 15) is 4.79 Å². The van der Waals surface area contributed by atoms with E-state index in [2.05, 4.69) is 15.1 Å². The van der Waals surface area contributed by atoms with Crippen LogP contribution in [0.3, 0.4) is 0 Å². The third-order valence-electron chi connectivity index (χ3n) is 2.93. The second-order valence-corrected chi connectivity index (χ2v) is 4.71. The second-order valence-electron chi connectivity index (χ2n) is 4.71. The van der Waals surface area contributed by atoms with Gasteiger partial charge in [-0.3, -0.25) is 4.79 Å². The lowest BCUT2D eigenvalue weighted by molar-refractivity contribution is 0.365. The van der Waals surface area contributed by atoms with Gasteiger partial charge in [-0.25, -0.2) is 0 Å². The Labute approximate surface area is 109 Å². The fourth-order valence-electron chi connectivity index (χ4n) is 1.89. The molecule has 5 nitrogen and oxygen atoms in total. The van der Waals surface area contributed by atoms with Gasteiger partial charge in [0, 0.05) is 11.4 Å². The van der Waals surface area contributed by atoms with Crippen molar-refractivity contribution in [1.82, 2.24) is 15.1 Å². The Balaban J connectivity index is 2.18. The van der Waals surface area contributed by atoms with Crippen LogP contribution in [0.4, 0.5) is 0 Å². The van der Waals surface area contributed by atoms with E-state index in [1.54, 1.807) is 6.07 Å². The summed E-state index contributed by atoms with van der Waals surface area (Å²) in [5, 5.41) is 4.81. The molecular weight excluding hydrogens is 242 g/mol. The largest absolute Gasteiger partial charge is 0.339 e. The highest BCUT2D eigenvalue weighted by atomic mass is 16.5. The lowest BCUT2D eigenvalue weighted by Gasteiger charge is -1.99. The molecule has 0 aliphatic heterocycles. The minimum atomic E-state index is -0.213. The number of nitrogens with zero attached hydrogens (tertiary/aromatic N) is 2. The maximum absolute atomic E-state index is 12.0. The van der Waals surface area contributed by atoms with Crippen molar-refractivity contribution in [2.75, 3.05) is 0 Å². The first-order valence-corrected chi connectivity index (χ1v) is 6.11. The number of hydrogen-bond donors (Lipinski definition) is 1. The van der Waals surface area contributed by atoms with Crippen molar-refractivity contribution >= 4 is 10.9 Å². The molecule has 96 valence electrons. The molecule has 0 amide bonds. The highest BCUT2D eigenvalue weighted by Gasteiger charge is 2.14. The number of benzene rings is 1. The summed E-state index contributed by atoms with van der Waals surface area (Å²) in [6, 6.07) is 9.36. The van der Waals surface area contributed by atoms with E-state index in [0.29, 0.717) is 17.3 Å². The SMILES string of the molecule is CC(C)c1nc(-c2cc3ccccc3[nH]c2=O)no1. The summed E-state index contributed by atoms with van der Waals surface area (Å²) in [6.45, 7) is 3.92. The smallest absolute Gasteiger partial charge is 0.259 e. The number of nitrogens with one attached hydrogen (secondary N) is 1. The summed E-state index contributed by atoms with van der Waals surface area (Å²) >= 11 is 0. The number of fused-ring (bicyclic) bond motifs is 1. The molecule has 0 aliphatic rings. The van der Waals surface area contributed by atoms with Crippen molar-refractivity contribution in [3.8, 4) is 11.4 Å². The fourth-order valence-corrected chi connectivity index (χ4v) is 1.89. The number of para-hydroxylation sites is 1. The molecular formula is C14H13N3O2. The van der Waals surface area contributed by atoms with Crippen LogP contribution in [0.25, 0.3) is 22.3 Å². The minimum Gasteiger partial charge on any atom is -0.339 e. The molecule has 0 radical (unpaired) electrons. The zero-order valence-electron chi connectivity index (χ0n) is 10.7. The topological polar surface area (TPSA) is 71.8 Å². The monoisotopic (exact) mass is 255 g/mol. The van der Waals surface area contributed by atoms with Crippen molar-refractivity contribution in [2.24, 2.45) is 0 Å². The Bertz CT molecular complexity index is 786. The summed E-state index contributed by atoms with van der Waals surface area (Å²) in [7, 11) is 0. The second kappa shape index (κ2) is 4.35. The number of aromatic nitrogens is 3. The van der Waals surface area contributed by atoms with Crippen LogP contribution in [-0.4, -0.2) is 15.1 Å². The van der Waals surface area contributed by atoms with E-state index >= 15 is 0 Å². The van der Waals surface area contributed by atoms with Gasteiger partial charge in [-0.2, -0.15) is 4.98 Å². The molecule has 1 aromatic carbocycles. The van der Waals surface area contributed by atoms with Crippen molar-refractivity contribution in [1.29, 1.82) is 0 Å². The highest BCUT2D eigenvalue weighted by Crippen LogP contribution is 2.19. The van der Waals surface area contributed by atoms with E-state index in [0.717, 1.165) is 10.9 Å². The van der Waals surface area contributed by atoms with Crippen molar-refractivity contribution in [3.05, 3.63) is 46.6 Å². The molecule has 1 N–H and O–H groups in total. The van der Waals surface area contributed by atoms with Crippen molar-refractivity contribution < 1.29 is 4.52 Å². The van der Waals surface area contributed by atoms with Crippen LogP contribution >= 0.6 is 0 Å². The van der Waals surface area contributed by atoms with Gasteiger partial charge in [0.15, 0.2) is 0 Å². The molecule has 0 saturated heterocycles. The molecule has 0 atom stereocenters. The van der Waals surface area contributed by atoms with Crippen molar-refractivity contribution in [2.45, 2.75) is 19.8 Å². The van der Waals surface area contributed by atoms with E-state index in [1.807, 2.05) is 38.1 Å². The third-order valence-corrected chi connectivity index (χ3v) is 2.93. The Kier molecular flexibility index (Phi) is 2.67. The first kappa shape index (κ1) is 11.6. The maximum Gasteiger partial charge on any atom is 0.259 e. The van der Waals surface area contributed by atoms with Gasteiger partial charge >= 0.3 is 0 Å². The zero-order chi connectivity index (χ0) is 13.4. The molecule has 0 spiro atoms. The Morgan fingerprint density at radius 2 is 2.05 bits per heavy atom. The van der Waals surface area contributed by atoms with E-state index < -0.39 is 0 Å². The number of aromatic amines is 1. The summed E-state index contributed by atoms with van der Waals surface area (Å²) < 4.78 is 5.13. The zero-order valence-corrected chi connectivity index (χ0v) is 10.7. The number of pyridine rings is 1. The van der Waals surface area contributed by atoms with Gasteiger partial charge in [0.05, 0.1) is 5.56 Å². The molecule has 0 saturated carbocycles. The summed E-state index contributed by atoms with van der Waals surface area (Å²) in [4.78, 5) is 19.1. The normalized spacial score (nSPS) is 11.3. The molecule has 19 heavy (non-hydrogen) atoms. The Morgan fingerprint density at radius 3 is 2.79 bits per heavy atom. The van der Waals surface area contributed by atoms with Crippen LogP contribution in [0.1, 0.15) is 25.7 Å². The van der Waals surface area contributed by atoms with Gasteiger partial charge in [0.25, 0.3) is 5.56 Å². The molecule has 0 bridgehead atoms. The number of hydrogen-bond acceptors (Lipinski definition) is 4. The van der Waals surface area contributed by atoms with Crippen LogP contribution in [0.15, 0.2) is 39.6 Å². The van der Waals surface area contributed by atoms with Gasteiger partial charge in [-0.1, -0.05) is 37.2 Å². The van der Waals surface area contributed by atoms with Crippen molar-refractivity contribution in [3.63, 3.8) is 0 Å². The molecule has 0 unspecified atom stereocenters. The first-order chi connectivity index (χ1) is 9.15. The van der Waals surface area contributed by atoms with Crippen LogP contribution in [-0.2, 0) is 0 Å². The lowest BCUT2D eigenvalue weighted by Crippen LogP contribution is -2.09. The number of rotatable bonds is 2. The lowest BCUT2D eigenvalue weighted by atomic mass is 10.1. The average molecular weight is 255 g/mol. The summed E-state index contributed by atoms with van der Waals surface area (Å²) in [5.74, 6) is 0.999. The molecule has 0 aliphatic carbocycles. The van der Waals surface area contributed by atoms with E-state index in [1.165, 1.54) is 0 Å². The average Bonchev–Trinajstić information content (AvgIpc) is 2.87. The molecule has 3 rings (SSSR count). The Hall–Kier alpha value is -2.43. The molecule has 5 heteroatoms. The van der Waals surface area contributed by atoms with Gasteiger partial charge in [0.1, 0.15) is 0 Å². The Morgan fingerprint density at radius 1 is 1.26 bits per heavy atom. The van der Waals surface area contributed by atoms with Gasteiger partial charge < -0.3 is 9.51 Å². The van der Waals surface area contributed by atoms with E-state index in [-0.39, 0.29) is 11.5 Å². The standard InChI is InChI=1S/C14H13N3O2/c1-8(2)14-16-12(17-19-14)10-7-9-5-3-4-6-11(9)15-13(10)18/h3-8H,1-2H3,(H,15,18). The molecule has 2 aromatic heterocycles. The number of H-pyrrole nitrogens is 1. The molecule has 2 heterocycles. The fraction of sp³-hybridized carbons (Fsp3) is 0.214. The predicted octanol–water partition coefficient (Wildman–Crippen LogP) is 2.70. The van der Waals surface area contributed by atoms with Crippen LogP contribution in [0, 0.1) is 0 Å². The first-order valence-electron chi connectivity index (χ1n) is 6.11. The van der Waals surface area contributed by atoms with Gasteiger partial charge in [0.2, 0.25) is 11.7 Å². The molecule has 3 aromatic rings. The van der Waals surface area contributed by atoms with Gasteiger partial charge in [-0.15, -0.1) is 0 Å². The quantitative estimate of drug-likeness (QED) is 0.764. The highest BCUT2D eigenvalue weighted by molar-refractivity contribution is 5.82. The van der Waals surface area contributed by atoms with Crippen LogP contribution < -0.4 is 5.56 Å². The third kappa shape index (κ3) is 2.03. The van der Waals surface area contributed by atoms with Crippen LogP contribution in [0.5, 0.6) is 0 Å².